The number of hydrogen-bond donors (Lipinski definition) is 0. The van der Waals surface area contributed by atoms with Gasteiger partial charge < -0.3 is 14.2 Å². The number of unbranched alkanes of at least 4 members (excludes halogenated alkanes) is 28. The highest BCUT2D eigenvalue weighted by atomic mass is 16.6. The molecule has 0 spiro atoms. The van der Waals surface area contributed by atoms with Crippen molar-refractivity contribution in [3.05, 3.63) is 109 Å². The first-order chi connectivity index (χ1) is 37.5. The minimum Gasteiger partial charge on any atom is -0.462 e. The predicted molar refractivity (Wildman–Crippen MR) is 330 cm³/mol. The van der Waals surface area contributed by atoms with Crippen molar-refractivity contribution in [1.82, 2.24) is 0 Å². The molecule has 0 fully saturated rings. The van der Waals surface area contributed by atoms with Crippen molar-refractivity contribution >= 4 is 17.9 Å². The SMILES string of the molecule is CC/C=C\C/C=C\C/C=C\C/C=C\C/C=C\C/C=C\C/C=C\CCCCCCCCCC(=O)OCC(COC(=O)CCCCCCC/C=C\CCC)OC(=O)CCCCCCCCCCC/C=C\CCCCCCCC. The molecule has 0 aromatic rings. The third-order valence-corrected chi connectivity index (χ3v) is 13.5. The van der Waals surface area contributed by atoms with Gasteiger partial charge in [-0.1, -0.05) is 265 Å². The smallest absolute Gasteiger partial charge is 0.306 e. The van der Waals surface area contributed by atoms with Crippen LogP contribution in [-0.2, 0) is 28.6 Å². The molecule has 76 heavy (non-hydrogen) atoms. The van der Waals surface area contributed by atoms with Gasteiger partial charge in [0.25, 0.3) is 0 Å². The molecule has 0 radical (unpaired) electrons. The summed E-state index contributed by atoms with van der Waals surface area (Å²) in [5, 5.41) is 0. The summed E-state index contributed by atoms with van der Waals surface area (Å²) in [5.41, 5.74) is 0. The second kappa shape index (κ2) is 63.6. The highest BCUT2D eigenvalue weighted by Gasteiger charge is 2.19. The fraction of sp³-hybridized carbons (Fsp3) is 0.700. The summed E-state index contributed by atoms with van der Waals surface area (Å²) in [6.45, 7) is 6.46. The van der Waals surface area contributed by atoms with Crippen LogP contribution in [0.25, 0.3) is 0 Å². The molecule has 1 atom stereocenters. The fourth-order valence-corrected chi connectivity index (χ4v) is 8.71. The zero-order valence-electron chi connectivity index (χ0n) is 49.7. The second-order valence-electron chi connectivity index (χ2n) is 20.9. The van der Waals surface area contributed by atoms with Crippen LogP contribution in [0.2, 0.25) is 0 Å². The van der Waals surface area contributed by atoms with E-state index in [1.54, 1.807) is 0 Å². The van der Waals surface area contributed by atoms with Crippen LogP contribution in [-0.4, -0.2) is 37.2 Å². The van der Waals surface area contributed by atoms with Crippen LogP contribution >= 0.6 is 0 Å². The van der Waals surface area contributed by atoms with Crippen molar-refractivity contribution in [1.29, 1.82) is 0 Å². The zero-order chi connectivity index (χ0) is 55.0. The Morgan fingerprint density at radius 2 is 0.539 bits per heavy atom. The van der Waals surface area contributed by atoms with Crippen molar-refractivity contribution in [2.45, 2.75) is 303 Å². The van der Waals surface area contributed by atoms with Crippen LogP contribution in [0.4, 0.5) is 0 Å². The first kappa shape index (κ1) is 72.1. The standard InChI is InChI=1S/C70H118O6/c1-4-7-10-13-16-19-22-24-26-28-30-31-32-33-34-35-36-37-38-39-41-42-44-46-48-51-54-57-60-63-69(72)75-66-67(65-74-68(71)62-59-56-53-50-21-18-15-12-9-6-3)76-70(73)64-61-58-55-52-49-47-45-43-40-29-27-25-23-20-17-14-11-8-5-2/h7,10,12,15-16,19,24-27,30-31,33-34,36-37,39,41,67H,4-6,8-9,11,13-14,17-18,20-23,28-29,32,35,38,40,42-66H2,1-3H3/b10-7-,15-12-,19-16-,26-24-,27-25-,31-30-,34-33-,37-36-,41-39-. The summed E-state index contributed by atoms with van der Waals surface area (Å²) in [7, 11) is 0. The van der Waals surface area contributed by atoms with E-state index in [1.165, 1.54) is 135 Å². The van der Waals surface area contributed by atoms with Gasteiger partial charge in [-0.25, -0.2) is 0 Å². The van der Waals surface area contributed by atoms with E-state index in [0.29, 0.717) is 19.3 Å². The van der Waals surface area contributed by atoms with Gasteiger partial charge in [0, 0.05) is 19.3 Å². The number of carbonyl (C=O) groups is 3. The van der Waals surface area contributed by atoms with Gasteiger partial charge in [-0.3, -0.25) is 14.4 Å². The number of ether oxygens (including phenoxy) is 3. The molecule has 0 rings (SSSR count). The highest BCUT2D eigenvalue weighted by Crippen LogP contribution is 2.15. The second-order valence-corrected chi connectivity index (χ2v) is 20.9. The van der Waals surface area contributed by atoms with Crippen LogP contribution < -0.4 is 0 Å². The minimum absolute atomic E-state index is 0.0866. The molecule has 6 heteroatoms. The molecule has 0 saturated heterocycles. The van der Waals surface area contributed by atoms with Crippen molar-refractivity contribution in [3.8, 4) is 0 Å². The zero-order valence-corrected chi connectivity index (χ0v) is 49.7. The Morgan fingerprint density at radius 1 is 0.276 bits per heavy atom. The summed E-state index contributed by atoms with van der Waals surface area (Å²) >= 11 is 0. The molecular weight excluding hydrogens is 937 g/mol. The Hall–Kier alpha value is -3.93. The van der Waals surface area contributed by atoms with E-state index >= 15 is 0 Å². The lowest BCUT2D eigenvalue weighted by Gasteiger charge is -2.18. The Kier molecular flexibility index (Phi) is 60.3. The Bertz CT molecular complexity index is 1540. The van der Waals surface area contributed by atoms with Crippen molar-refractivity contribution in [3.63, 3.8) is 0 Å². The summed E-state index contributed by atoms with van der Waals surface area (Å²) in [6, 6.07) is 0. The van der Waals surface area contributed by atoms with Gasteiger partial charge in [0.05, 0.1) is 0 Å². The maximum absolute atomic E-state index is 12.9. The lowest BCUT2D eigenvalue weighted by atomic mass is 10.1. The van der Waals surface area contributed by atoms with Crippen LogP contribution in [0, 0.1) is 0 Å². The van der Waals surface area contributed by atoms with Crippen molar-refractivity contribution in [2.24, 2.45) is 0 Å². The third-order valence-electron chi connectivity index (χ3n) is 13.5. The van der Waals surface area contributed by atoms with E-state index in [-0.39, 0.29) is 31.1 Å². The molecule has 0 bridgehead atoms. The van der Waals surface area contributed by atoms with E-state index in [4.69, 9.17) is 14.2 Å². The molecule has 0 aliphatic heterocycles. The molecule has 0 aliphatic rings. The normalized spacial score (nSPS) is 12.8. The van der Waals surface area contributed by atoms with Gasteiger partial charge >= 0.3 is 17.9 Å². The van der Waals surface area contributed by atoms with Gasteiger partial charge in [-0.2, -0.15) is 0 Å². The van der Waals surface area contributed by atoms with Crippen LogP contribution in [0.3, 0.4) is 0 Å². The predicted octanol–water partition coefficient (Wildman–Crippen LogP) is 21.8. The number of esters is 3. The number of carbonyl (C=O) groups excluding carboxylic acids is 3. The fourth-order valence-electron chi connectivity index (χ4n) is 8.71. The van der Waals surface area contributed by atoms with Crippen LogP contribution in [0.5, 0.6) is 0 Å². The van der Waals surface area contributed by atoms with E-state index < -0.39 is 6.10 Å². The van der Waals surface area contributed by atoms with E-state index in [2.05, 4.69) is 130 Å². The first-order valence-electron chi connectivity index (χ1n) is 31.9. The summed E-state index contributed by atoms with van der Waals surface area (Å²) in [5.74, 6) is -0.905. The summed E-state index contributed by atoms with van der Waals surface area (Å²) in [6.07, 6.45) is 86.7. The lowest BCUT2D eigenvalue weighted by Crippen LogP contribution is -2.30. The van der Waals surface area contributed by atoms with E-state index in [1.807, 2.05) is 0 Å². The highest BCUT2D eigenvalue weighted by molar-refractivity contribution is 5.71. The van der Waals surface area contributed by atoms with E-state index in [9.17, 15) is 14.4 Å². The van der Waals surface area contributed by atoms with Crippen molar-refractivity contribution < 1.29 is 28.6 Å². The van der Waals surface area contributed by atoms with Crippen molar-refractivity contribution in [2.75, 3.05) is 13.2 Å². The molecule has 0 aromatic heterocycles. The average Bonchev–Trinajstić information content (AvgIpc) is 3.42. The first-order valence-corrected chi connectivity index (χ1v) is 31.9. The quantitative estimate of drug-likeness (QED) is 0.0261. The lowest BCUT2D eigenvalue weighted by molar-refractivity contribution is -0.167. The Morgan fingerprint density at radius 3 is 0.868 bits per heavy atom. The Labute approximate surface area is 470 Å². The molecule has 0 heterocycles. The minimum atomic E-state index is -0.788. The molecular formula is C70H118O6. The van der Waals surface area contributed by atoms with Gasteiger partial charge in [0.2, 0.25) is 0 Å². The van der Waals surface area contributed by atoms with Gasteiger partial charge in [0.1, 0.15) is 13.2 Å². The maximum Gasteiger partial charge on any atom is 0.306 e. The summed E-state index contributed by atoms with van der Waals surface area (Å²) in [4.78, 5) is 38.2. The largest absolute Gasteiger partial charge is 0.462 e. The Balaban J connectivity index is 4.28. The topological polar surface area (TPSA) is 78.9 Å². The molecule has 6 nitrogen and oxygen atoms in total. The molecule has 434 valence electrons. The summed E-state index contributed by atoms with van der Waals surface area (Å²) < 4.78 is 16.9. The van der Waals surface area contributed by atoms with Crippen LogP contribution in [0.15, 0.2) is 109 Å². The van der Waals surface area contributed by atoms with E-state index in [0.717, 1.165) is 122 Å². The van der Waals surface area contributed by atoms with Gasteiger partial charge in [-0.15, -0.1) is 0 Å². The van der Waals surface area contributed by atoms with Gasteiger partial charge in [0.15, 0.2) is 6.10 Å². The third kappa shape index (κ3) is 60.9. The molecule has 0 amide bonds. The number of rotatable bonds is 57. The molecule has 0 N–H and O–H groups in total. The average molecular weight is 1060 g/mol. The monoisotopic (exact) mass is 1050 g/mol. The maximum atomic E-state index is 12.9. The molecule has 0 saturated carbocycles. The number of hydrogen-bond acceptors (Lipinski definition) is 6. The molecule has 0 aliphatic carbocycles. The molecule has 0 aromatic carbocycles. The molecule has 1 unspecified atom stereocenters. The van der Waals surface area contributed by atoms with Crippen LogP contribution in [0.1, 0.15) is 297 Å². The number of allylic oxidation sites excluding steroid dienone is 18. The van der Waals surface area contributed by atoms with Gasteiger partial charge in [-0.05, 0) is 122 Å².